The van der Waals surface area contributed by atoms with Crippen LogP contribution in [0.3, 0.4) is 0 Å². The Labute approximate surface area is 110 Å². The minimum atomic E-state index is -0.714. The van der Waals surface area contributed by atoms with Crippen LogP contribution in [0, 0.1) is 6.92 Å². The first-order valence-corrected chi connectivity index (χ1v) is 5.78. The van der Waals surface area contributed by atoms with Gasteiger partial charge in [-0.1, -0.05) is 11.6 Å². The summed E-state index contributed by atoms with van der Waals surface area (Å²) in [6, 6.07) is 4.87. The Morgan fingerprint density at radius 3 is 2.72 bits per heavy atom. The van der Waals surface area contributed by atoms with E-state index < -0.39 is 12.1 Å². The molecule has 0 aliphatic heterocycles. The van der Waals surface area contributed by atoms with E-state index in [0.29, 0.717) is 10.8 Å². The van der Waals surface area contributed by atoms with Crippen molar-refractivity contribution in [3.8, 4) is 5.75 Å². The van der Waals surface area contributed by atoms with E-state index in [2.05, 4.69) is 10.1 Å². The van der Waals surface area contributed by atoms with Crippen molar-refractivity contribution in [2.75, 3.05) is 13.2 Å². The summed E-state index contributed by atoms with van der Waals surface area (Å²) in [4.78, 5) is 22.4. The van der Waals surface area contributed by atoms with Gasteiger partial charge in [-0.2, -0.15) is 0 Å². The topological polar surface area (TPSA) is 64.6 Å². The maximum atomic E-state index is 11.4. The van der Waals surface area contributed by atoms with Gasteiger partial charge in [0, 0.05) is 5.02 Å². The molecule has 0 saturated heterocycles. The van der Waals surface area contributed by atoms with Gasteiger partial charge < -0.3 is 14.8 Å². The molecule has 0 aromatic heterocycles. The molecule has 0 saturated carbocycles. The molecule has 1 amide bonds. The number of rotatable bonds is 4. The molecule has 98 valence electrons. The van der Waals surface area contributed by atoms with Crippen molar-refractivity contribution >= 4 is 23.7 Å². The summed E-state index contributed by atoms with van der Waals surface area (Å²) in [6.45, 7) is 3.50. The van der Waals surface area contributed by atoms with Gasteiger partial charge >= 0.3 is 12.1 Å². The molecule has 1 rings (SSSR count). The molecule has 6 heteroatoms. The van der Waals surface area contributed by atoms with Gasteiger partial charge in [-0.05, 0) is 37.6 Å². The van der Waals surface area contributed by atoms with Crippen LogP contribution in [-0.4, -0.2) is 25.2 Å². The van der Waals surface area contributed by atoms with Crippen LogP contribution in [0.5, 0.6) is 5.75 Å². The summed E-state index contributed by atoms with van der Waals surface area (Å²) >= 11 is 5.77. The Morgan fingerprint density at radius 2 is 2.11 bits per heavy atom. The first-order chi connectivity index (χ1) is 8.52. The number of hydrogen-bond donors (Lipinski definition) is 1. The summed E-state index contributed by atoms with van der Waals surface area (Å²) in [7, 11) is 0. The van der Waals surface area contributed by atoms with Crippen molar-refractivity contribution in [2.45, 2.75) is 13.8 Å². The molecule has 5 nitrogen and oxygen atoms in total. The molecule has 0 aliphatic rings. The quantitative estimate of drug-likeness (QED) is 0.854. The number of halogens is 1. The zero-order chi connectivity index (χ0) is 13.5. The number of aryl methyl sites for hydroxylation is 1. The number of amides is 1. The van der Waals surface area contributed by atoms with Gasteiger partial charge in [0.05, 0.1) is 6.61 Å². The zero-order valence-electron chi connectivity index (χ0n) is 10.2. The smallest absolute Gasteiger partial charge is 0.413 e. The number of carbonyl (C=O) groups excluding carboxylic acids is 2. The van der Waals surface area contributed by atoms with Crippen molar-refractivity contribution < 1.29 is 19.1 Å². The fraction of sp³-hybridized carbons (Fsp3) is 0.333. The van der Waals surface area contributed by atoms with Crippen molar-refractivity contribution in [3.63, 3.8) is 0 Å². The van der Waals surface area contributed by atoms with E-state index in [0.717, 1.165) is 5.56 Å². The molecule has 0 spiro atoms. The Bertz CT molecular complexity index is 448. The van der Waals surface area contributed by atoms with E-state index in [4.69, 9.17) is 16.3 Å². The van der Waals surface area contributed by atoms with Gasteiger partial charge in [-0.25, -0.2) is 4.79 Å². The lowest BCUT2D eigenvalue weighted by molar-refractivity contribution is -0.141. The fourth-order valence-corrected chi connectivity index (χ4v) is 1.45. The third kappa shape index (κ3) is 4.63. The van der Waals surface area contributed by atoms with Crippen LogP contribution < -0.4 is 10.1 Å². The summed E-state index contributed by atoms with van der Waals surface area (Å²) in [5, 5.41) is 2.85. The van der Waals surface area contributed by atoms with E-state index in [1.54, 1.807) is 32.0 Å². The second-order valence-electron chi connectivity index (χ2n) is 3.46. The van der Waals surface area contributed by atoms with Gasteiger partial charge in [0.15, 0.2) is 0 Å². The highest BCUT2D eigenvalue weighted by atomic mass is 35.5. The molecule has 1 aromatic rings. The first kappa shape index (κ1) is 14.3. The van der Waals surface area contributed by atoms with Crippen molar-refractivity contribution in [1.29, 1.82) is 0 Å². The molecule has 0 aliphatic carbocycles. The minimum absolute atomic E-state index is 0.223. The largest absolute Gasteiger partial charge is 0.465 e. The molecule has 0 unspecified atom stereocenters. The molecule has 0 fully saturated rings. The Morgan fingerprint density at radius 1 is 1.39 bits per heavy atom. The highest BCUT2D eigenvalue weighted by molar-refractivity contribution is 6.30. The summed E-state index contributed by atoms with van der Waals surface area (Å²) < 4.78 is 9.67. The third-order valence-corrected chi connectivity index (χ3v) is 2.26. The van der Waals surface area contributed by atoms with Gasteiger partial charge in [-0.15, -0.1) is 0 Å². The fourth-order valence-electron chi connectivity index (χ4n) is 1.22. The number of nitrogens with one attached hydrogen (secondary N) is 1. The molecule has 0 bridgehead atoms. The van der Waals surface area contributed by atoms with E-state index in [1.807, 2.05) is 0 Å². The van der Waals surface area contributed by atoms with E-state index in [9.17, 15) is 9.59 Å². The van der Waals surface area contributed by atoms with Gasteiger partial charge in [0.1, 0.15) is 12.3 Å². The summed E-state index contributed by atoms with van der Waals surface area (Å²) in [5.74, 6) is -0.122. The Kier molecular flexibility index (Phi) is 5.45. The van der Waals surface area contributed by atoms with Crippen LogP contribution in [0.4, 0.5) is 4.79 Å². The lowest BCUT2D eigenvalue weighted by atomic mass is 10.2. The van der Waals surface area contributed by atoms with Crippen molar-refractivity contribution in [2.24, 2.45) is 0 Å². The van der Waals surface area contributed by atoms with Gasteiger partial charge in [-0.3, -0.25) is 4.79 Å². The average molecular weight is 272 g/mol. The molecule has 0 heterocycles. The standard InChI is InChI=1S/C12H14ClNO4/c1-3-17-11(15)7-14-12(16)18-10-5-4-9(13)6-8(10)2/h4-6H,3,7H2,1-2H3,(H,14,16). The van der Waals surface area contributed by atoms with Crippen molar-refractivity contribution in [1.82, 2.24) is 5.32 Å². The SMILES string of the molecule is CCOC(=O)CNC(=O)Oc1ccc(Cl)cc1C. The number of carbonyl (C=O) groups is 2. The first-order valence-electron chi connectivity index (χ1n) is 5.40. The highest BCUT2D eigenvalue weighted by Crippen LogP contribution is 2.21. The molecular formula is C12H14ClNO4. The molecule has 18 heavy (non-hydrogen) atoms. The van der Waals surface area contributed by atoms with Crippen LogP contribution in [0.2, 0.25) is 5.02 Å². The highest BCUT2D eigenvalue weighted by Gasteiger charge is 2.09. The molecule has 1 aromatic carbocycles. The van der Waals surface area contributed by atoms with E-state index in [1.165, 1.54) is 0 Å². The van der Waals surface area contributed by atoms with Crippen LogP contribution in [0.25, 0.3) is 0 Å². The van der Waals surface area contributed by atoms with Gasteiger partial charge in [0.25, 0.3) is 0 Å². The Hall–Kier alpha value is -1.75. The second kappa shape index (κ2) is 6.86. The summed E-state index contributed by atoms with van der Waals surface area (Å²) in [5.41, 5.74) is 0.730. The minimum Gasteiger partial charge on any atom is -0.465 e. The lowest BCUT2D eigenvalue weighted by Crippen LogP contribution is -2.33. The zero-order valence-corrected chi connectivity index (χ0v) is 10.9. The lowest BCUT2D eigenvalue weighted by Gasteiger charge is -2.08. The Balaban J connectivity index is 2.47. The average Bonchev–Trinajstić information content (AvgIpc) is 2.31. The normalized spacial score (nSPS) is 9.72. The third-order valence-electron chi connectivity index (χ3n) is 2.02. The maximum Gasteiger partial charge on any atom is 0.413 e. The number of ether oxygens (including phenoxy) is 2. The molecule has 0 atom stereocenters. The van der Waals surface area contributed by atoms with Crippen LogP contribution in [0.1, 0.15) is 12.5 Å². The monoisotopic (exact) mass is 271 g/mol. The van der Waals surface area contributed by atoms with Crippen LogP contribution in [0.15, 0.2) is 18.2 Å². The predicted octanol–water partition coefficient (Wildman–Crippen LogP) is 2.30. The van der Waals surface area contributed by atoms with Crippen molar-refractivity contribution in [3.05, 3.63) is 28.8 Å². The molecule has 0 radical (unpaired) electrons. The molecular weight excluding hydrogens is 258 g/mol. The number of esters is 1. The van der Waals surface area contributed by atoms with Crippen LogP contribution >= 0.6 is 11.6 Å². The second-order valence-corrected chi connectivity index (χ2v) is 3.89. The number of benzene rings is 1. The van der Waals surface area contributed by atoms with Crippen LogP contribution in [-0.2, 0) is 9.53 Å². The van der Waals surface area contributed by atoms with Gasteiger partial charge in [0.2, 0.25) is 0 Å². The maximum absolute atomic E-state index is 11.4. The predicted molar refractivity (Wildman–Crippen MR) is 66.8 cm³/mol. The molecule has 1 N–H and O–H groups in total. The number of hydrogen-bond acceptors (Lipinski definition) is 4. The van der Waals surface area contributed by atoms with E-state index >= 15 is 0 Å². The van der Waals surface area contributed by atoms with E-state index in [-0.39, 0.29) is 13.2 Å². The summed E-state index contributed by atoms with van der Waals surface area (Å²) in [6.07, 6.45) is -0.714.